The molecule has 0 aromatic heterocycles. The van der Waals surface area contributed by atoms with Crippen LogP contribution in [0.3, 0.4) is 0 Å². The Morgan fingerprint density at radius 3 is 2.75 bits per heavy atom. The summed E-state index contributed by atoms with van der Waals surface area (Å²) in [5, 5.41) is 12.1. The molecule has 0 unspecified atom stereocenters. The number of halogens is 1. The highest BCUT2D eigenvalue weighted by Crippen LogP contribution is 2.30. The van der Waals surface area contributed by atoms with E-state index in [0.29, 0.717) is 31.6 Å². The van der Waals surface area contributed by atoms with Gasteiger partial charge in [-0.3, -0.25) is 9.59 Å². The zero-order valence-electron chi connectivity index (χ0n) is 13.0. The Kier molecular flexibility index (Phi) is 4.91. The maximum atomic E-state index is 12.6. The number of hydrogen-bond donors (Lipinski definition) is 2. The quantitative estimate of drug-likeness (QED) is 0.817. The number of benzene rings is 1. The van der Waals surface area contributed by atoms with Gasteiger partial charge in [0.05, 0.1) is 17.5 Å². The summed E-state index contributed by atoms with van der Waals surface area (Å²) in [4.78, 5) is 23.8. The van der Waals surface area contributed by atoms with E-state index in [-0.39, 0.29) is 18.9 Å². The molecule has 1 fully saturated rings. The molecule has 128 valence electrons. The van der Waals surface area contributed by atoms with Gasteiger partial charge in [-0.2, -0.15) is 0 Å². The lowest BCUT2D eigenvalue weighted by molar-refractivity contribution is -0.140. The Morgan fingerprint density at radius 1 is 1.29 bits per heavy atom. The Hall–Kier alpha value is -1.86. The van der Waals surface area contributed by atoms with Gasteiger partial charge in [-0.05, 0) is 37.1 Å². The van der Waals surface area contributed by atoms with Gasteiger partial charge in [0.1, 0.15) is 12.4 Å². The molecular formula is C17H18BrNO5. The van der Waals surface area contributed by atoms with Crippen molar-refractivity contribution in [3.8, 4) is 5.75 Å². The summed E-state index contributed by atoms with van der Waals surface area (Å²) in [5.74, 6) is -0.495. The van der Waals surface area contributed by atoms with Crippen molar-refractivity contribution in [1.82, 2.24) is 5.32 Å². The largest absolute Gasteiger partial charge is 0.488 e. The van der Waals surface area contributed by atoms with Crippen LogP contribution in [0.2, 0.25) is 0 Å². The molecule has 2 aliphatic rings. The van der Waals surface area contributed by atoms with E-state index < -0.39 is 11.5 Å². The highest BCUT2D eigenvalue weighted by Gasteiger charge is 2.37. The molecule has 0 atom stereocenters. The summed E-state index contributed by atoms with van der Waals surface area (Å²) in [7, 11) is 0. The second-order valence-corrected chi connectivity index (χ2v) is 6.97. The van der Waals surface area contributed by atoms with Gasteiger partial charge in [-0.25, -0.2) is 0 Å². The van der Waals surface area contributed by atoms with E-state index in [9.17, 15) is 14.7 Å². The molecular weight excluding hydrogens is 378 g/mol. The zero-order valence-corrected chi connectivity index (χ0v) is 14.6. The van der Waals surface area contributed by atoms with E-state index in [1.807, 2.05) is 18.2 Å². The van der Waals surface area contributed by atoms with Gasteiger partial charge in [-0.1, -0.05) is 15.9 Å². The molecule has 1 saturated heterocycles. The highest BCUT2D eigenvalue weighted by atomic mass is 79.9. The molecule has 24 heavy (non-hydrogen) atoms. The number of ether oxygens (including phenoxy) is 2. The van der Waals surface area contributed by atoms with Crippen LogP contribution in [0.4, 0.5) is 0 Å². The van der Waals surface area contributed by atoms with Crippen molar-refractivity contribution in [2.75, 3.05) is 19.8 Å². The predicted molar refractivity (Wildman–Crippen MR) is 90.8 cm³/mol. The number of carbonyl (C=O) groups is 2. The van der Waals surface area contributed by atoms with E-state index >= 15 is 0 Å². The smallest absolute Gasteiger partial charge is 0.305 e. The average molecular weight is 396 g/mol. The maximum absolute atomic E-state index is 12.6. The predicted octanol–water partition coefficient (Wildman–Crippen LogP) is 2.37. The Bertz CT molecular complexity index is 694. The fourth-order valence-corrected chi connectivity index (χ4v) is 3.38. The lowest BCUT2D eigenvalue weighted by atomic mass is 9.86. The first-order valence-electron chi connectivity index (χ1n) is 7.72. The number of nitrogens with one attached hydrogen (secondary N) is 1. The van der Waals surface area contributed by atoms with Crippen LogP contribution in [0.5, 0.6) is 5.75 Å². The van der Waals surface area contributed by atoms with Gasteiger partial charge in [0.2, 0.25) is 0 Å². The molecule has 6 nitrogen and oxygen atoms in total. The van der Waals surface area contributed by atoms with Gasteiger partial charge in [0.25, 0.3) is 5.91 Å². The van der Waals surface area contributed by atoms with Crippen molar-refractivity contribution >= 4 is 33.9 Å². The SMILES string of the molecule is O=C(O)CC1(NC(=O)C2=Cc3cc(Br)ccc3OC2)CCOCC1. The molecule has 2 heterocycles. The first-order chi connectivity index (χ1) is 11.5. The minimum Gasteiger partial charge on any atom is -0.488 e. The van der Waals surface area contributed by atoms with Crippen molar-refractivity contribution in [3.63, 3.8) is 0 Å². The lowest BCUT2D eigenvalue weighted by Gasteiger charge is -2.37. The van der Waals surface area contributed by atoms with Crippen LogP contribution in [0.25, 0.3) is 6.08 Å². The topological polar surface area (TPSA) is 84.9 Å². The Balaban J connectivity index is 1.79. The molecule has 3 rings (SSSR count). The van der Waals surface area contributed by atoms with Crippen LogP contribution in [-0.4, -0.2) is 42.3 Å². The normalized spacial score (nSPS) is 18.8. The van der Waals surface area contributed by atoms with E-state index in [1.165, 1.54) is 0 Å². The van der Waals surface area contributed by atoms with Gasteiger partial charge in [0, 0.05) is 23.2 Å². The molecule has 0 aliphatic carbocycles. The summed E-state index contributed by atoms with van der Waals surface area (Å²) < 4.78 is 11.8. The molecule has 7 heteroatoms. The first-order valence-corrected chi connectivity index (χ1v) is 8.52. The van der Waals surface area contributed by atoms with E-state index in [2.05, 4.69) is 21.2 Å². The molecule has 0 spiro atoms. The van der Waals surface area contributed by atoms with Crippen LogP contribution >= 0.6 is 15.9 Å². The third kappa shape index (κ3) is 3.79. The minimum atomic E-state index is -0.930. The third-order valence-corrected chi connectivity index (χ3v) is 4.79. The minimum absolute atomic E-state index is 0.113. The maximum Gasteiger partial charge on any atom is 0.305 e. The molecule has 0 bridgehead atoms. The van der Waals surface area contributed by atoms with Crippen LogP contribution in [-0.2, 0) is 14.3 Å². The fourth-order valence-electron chi connectivity index (χ4n) is 3.00. The second-order valence-electron chi connectivity index (χ2n) is 6.06. The zero-order chi connectivity index (χ0) is 17.2. The van der Waals surface area contributed by atoms with Crippen molar-refractivity contribution < 1.29 is 24.2 Å². The molecule has 1 amide bonds. The standard InChI is InChI=1S/C17H18BrNO5/c18-13-1-2-14-11(8-13)7-12(10-24-14)16(22)19-17(9-15(20)21)3-5-23-6-4-17/h1-2,7-8H,3-6,9-10H2,(H,19,22)(H,20,21). The number of hydrogen-bond acceptors (Lipinski definition) is 4. The first kappa shape index (κ1) is 17.0. The van der Waals surface area contributed by atoms with Crippen molar-refractivity contribution in [2.45, 2.75) is 24.8 Å². The highest BCUT2D eigenvalue weighted by molar-refractivity contribution is 9.10. The number of aliphatic carboxylic acids is 1. The monoisotopic (exact) mass is 395 g/mol. The lowest BCUT2D eigenvalue weighted by Crippen LogP contribution is -2.54. The third-order valence-electron chi connectivity index (χ3n) is 4.29. The molecule has 0 saturated carbocycles. The molecule has 2 aliphatic heterocycles. The summed E-state index contributed by atoms with van der Waals surface area (Å²) in [6.07, 6.45) is 2.65. The Morgan fingerprint density at radius 2 is 2.04 bits per heavy atom. The molecule has 1 aromatic carbocycles. The van der Waals surface area contributed by atoms with Crippen LogP contribution in [0.1, 0.15) is 24.8 Å². The van der Waals surface area contributed by atoms with Crippen LogP contribution in [0, 0.1) is 0 Å². The van der Waals surface area contributed by atoms with E-state index in [0.717, 1.165) is 15.8 Å². The molecule has 1 aromatic rings. The number of rotatable bonds is 4. The average Bonchev–Trinajstić information content (AvgIpc) is 2.54. The summed E-state index contributed by atoms with van der Waals surface area (Å²) >= 11 is 3.40. The van der Waals surface area contributed by atoms with Gasteiger partial charge < -0.3 is 19.9 Å². The molecule has 2 N–H and O–H groups in total. The van der Waals surface area contributed by atoms with E-state index in [4.69, 9.17) is 9.47 Å². The van der Waals surface area contributed by atoms with E-state index in [1.54, 1.807) is 6.08 Å². The number of carbonyl (C=O) groups excluding carboxylic acids is 1. The number of amides is 1. The van der Waals surface area contributed by atoms with Crippen molar-refractivity contribution in [3.05, 3.63) is 33.8 Å². The Labute approximate surface area is 148 Å². The summed E-state index contributed by atoms with van der Waals surface area (Å²) in [6.45, 7) is 1.05. The summed E-state index contributed by atoms with van der Waals surface area (Å²) in [6, 6.07) is 5.60. The van der Waals surface area contributed by atoms with Gasteiger partial charge in [-0.15, -0.1) is 0 Å². The number of fused-ring (bicyclic) bond motifs is 1. The number of carboxylic acids is 1. The van der Waals surface area contributed by atoms with Gasteiger partial charge >= 0.3 is 5.97 Å². The fraction of sp³-hybridized carbons (Fsp3) is 0.412. The van der Waals surface area contributed by atoms with Gasteiger partial charge in [0.15, 0.2) is 0 Å². The molecule has 0 radical (unpaired) electrons. The summed E-state index contributed by atoms with van der Waals surface area (Å²) in [5.41, 5.74) is 0.538. The van der Waals surface area contributed by atoms with Crippen LogP contribution < -0.4 is 10.1 Å². The van der Waals surface area contributed by atoms with Crippen molar-refractivity contribution in [2.24, 2.45) is 0 Å². The van der Waals surface area contributed by atoms with Crippen LogP contribution in [0.15, 0.2) is 28.2 Å². The number of carboxylic acid groups (broad SMARTS) is 1. The van der Waals surface area contributed by atoms with Crippen molar-refractivity contribution in [1.29, 1.82) is 0 Å². The second kappa shape index (κ2) is 6.94.